The van der Waals surface area contributed by atoms with Crippen LogP contribution < -0.4 is 5.32 Å². The highest BCUT2D eigenvalue weighted by Gasteiger charge is 2.36. The summed E-state index contributed by atoms with van der Waals surface area (Å²) in [6, 6.07) is 17.9. The molecule has 1 N–H and O–H groups in total. The van der Waals surface area contributed by atoms with Crippen molar-refractivity contribution in [2.75, 3.05) is 0 Å². The Kier molecular flexibility index (Phi) is 3.05. The van der Waals surface area contributed by atoms with E-state index in [1.807, 2.05) is 37.3 Å². The van der Waals surface area contributed by atoms with Crippen LogP contribution in [0.1, 0.15) is 38.9 Å². The summed E-state index contributed by atoms with van der Waals surface area (Å²) in [6.45, 7) is 4.01. The van der Waals surface area contributed by atoms with Crippen LogP contribution in [0.4, 0.5) is 0 Å². The monoisotopic (exact) mass is 303 g/mol. The van der Waals surface area contributed by atoms with Crippen molar-refractivity contribution in [3.63, 3.8) is 0 Å². The summed E-state index contributed by atoms with van der Waals surface area (Å²) in [4.78, 5) is 12.6. The molecule has 4 rings (SSSR count). The summed E-state index contributed by atoms with van der Waals surface area (Å²) in [6.07, 6.45) is 0. The zero-order valence-electron chi connectivity index (χ0n) is 13.1. The molecule has 0 aliphatic carbocycles. The number of carbonyl (C=O) groups excluding carboxylic acids is 1. The maximum absolute atomic E-state index is 12.6. The van der Waals surface area contributed by atoms with E-state index in [4.69, 9.17) is 0 Å². The average molecular weight is 303 g/mol. The van der Waals surface area contributed by atoms with Gasteiger partial charge in [-0.15, -0.1) is 0 Å². The van der Waals surface area contributed by atoms with E-state index in [1.54, 1.807) is 4.68 Å². The topological polar surface area (TPSA) is 46.9 Å². The van der Waals surface area contributed by atoms with Crippen LogP contribution in [0, 0.1) is 13.8 Å². The Morgan fingerprint density at radius 3 is 2.39 bits per heavy atom. The second kappa shape index (κ2) is 5.09. The Bertz CT molecular complexity index is 879. The average Bonchev–Trinajstić information content (AvgIpc) is 3.09. The standard InChI is InChI=1S/C19H17N3O/c1-12-8-10-14(11-9-12)17-16-13(2)21-22(18(16)19(23)20-17)15-6-4-3-5-7-15/h3-11,17H,1-2H3,(H,20,23). The Morgan fingerprint density at radius 2 is 1.70 bits per heavy atom. The van der Waals surface area contributed by atoms with Crippen molar-refractivity contribution in [3.8, 4) is 5.69 Å². The Balaban J connectivity index is 1.86. The minimum Gasteiger partial charge on any atom is -0.340 e. The zero-order valence-corrected chi connectivity index (χ0v) is 13.1. The van der Waals surface area contributed by atoms with Crippen molar-refractivity contribution in [3.05, 3.63) is 82.7 Å². The van der Waals surface area contributed by atoms with Gasteiger partial charge in [-0.2, -0.15) is 5.10 Å². The minimum atomic E-state index is -0.129. The van der Waals surface area contributed by atoms with Gasteiger partial charge in [0.2, 0.25) is 0 Å². The van der Waals surface area contributed by atoms with Crippen molar-refractivity contribution < 1.29 is 4.79 Å². The van der Waals surface area contributed by atoms with Gasteiger partial charge in [-0.05, 0) is 31.5 Å². The van der Waals surface area contributed by atoms with E-state index in [2.05, 4.69) is 41.6 Å². The molecule has 1 aliphatic rings. The van der Waals surface area contributed by atoms with Gasteiger partial charge >= 0.3 is 0 Å². The number of aryl methyl sites for hydroxylation is 2. The number of carbonyl (C=O) groups is 1. The molecule has 0 saturated heterocycles. The number of rotatable bonds is 2. The highest BCUT2D eigenvalue weighted by Crippen LogP contribution is 2.34. The molecule has 0 saturated carbocycles. The van der Waals surface area contributed by atoms with E-state index < -0.39 is 0 Å². The summed E-state index contributed by atoms with van der Waals surface area (Å²) in [7, 11) is 0. The molecule has 3 aromatic rings. The van der Waals surface area contributed by atoms with Crippen LogP contribution in [-0.2, 0) is 0 Å². The largest absolute Gasteiger partial charge is 0.340 e. The van der Waals surface area contributed by atoms with E-state index in [9.17, 15) is 4.79 Å². The van der Waals surface area contributed by atoms with Gasteiger partial charge in [0.1, 0.15) is 5.69 Å². The zero-order chi connectivity index (χ0) is 16.0. The molecule has 114 valence electrons. The molecule has 1 unspecified atom stereocenters. The number of nitrogens with zero attached hydrogens (tertiary/aromatic N) is 2. The van der Waals surface area contributed by atoms with Crippen LogP contribution in [0.25, 0.3) is 5.69 Å². The smallest absolute Gasteiger partial charge is 0.271 e. The van der Waals surface area contributed by atoms with E-state index in [-0.39, 0.29) is 11.9 Å². The molecule has 4 heteroatoms. The summed E-state index contributed by atoms with van der Waals surface area (Å²) < 4.78 is 1.74. The lowest BCUT2D eigenvalue weighted by molar-refractivity contribution is 0.0953. The number of hydrogen-bond acceptors (Lipinski definition) is 2. The van der Waals surface area contributed by atoms with Gasteiger partial charge in [-0.1, -0.05) is 48.0 Å². The minimum absolute atomic E-state index is 0.0740. The third kappa shape index (κ3) is 2.14. The van der Waals surface area contributed by atoms with Gasteiger partial charge < -0.3 is 5.32 Å². The maximum atomic E-state index is 12.6. The van der Waals surface area contributed by atoms with Crippen molar-refractivity contribution in [2.24, 2.45) is 0 Å². The number of para-hydroxylation sites is 1. The molecule has 2 heterocycles. The quantitative estimate of drug-likeness (QED) is 0.789. The molecule has 2 aromatic carbocycles. The fourth-order valence-electron chi connectivity index (χ4n) is 3.14. The van der Waals surface area contributed by atoms with Gasteiger partial charge in [-0.25, -0.2) is 4.68 Å². The normalized spacial score (nSPS) is 16.3. The van der Waals surface area contributed by atoms with Gasteiger partial charge in [0.05, 0.1) is 17.4 Å². The summed E-state index contributed by atoms with van der Waals surface area (Å²) in [5.41, 5.74) is 5.68. The Labute approximate surface area is 134 Å². The number of aromatic nitrogens is 2. The third-order valence-corrected chi connectivity index (χ3v) is 4.30. The van der Waals surface area contributed by atoms with Crippen molar-refractivity contribution in [1.29, 1.82) is 0 Å². The van der Waals surface area contributed by atoms with E-state index in [0.29, 0.717) is 5.69 Å². The second-order valence-corrected chi connectivity index (χ2v) is 5.91. The summed E-state index contributed by atoms with van der Waals surface area (Å²) >= 11 is 0. The first-order valence-corrected chi connectivity index (χ1v) is 7.67. The molecule has 1 aliphatic heterocycles. The summed E-state index contributed by atoms with van der Waals surface area (Å²) in [5.74, 6) is -0.0740. The van der Waals surface area contributed by atoms with Crippen molar-refractivity contribution in [2.45, 2.75) is 19.9 Å². The fraction of sp³-hybridized carbons (Fsp3) is 0.158. The van der Waals surface area contributed by atoms with Crippen LogP contribution in [0.5, 0.6) is 0 Å². The van der Waals surface area contributed by atoms with Crippen LogP contribution in [-0.4, -0.2) is 15.7 Å². The first-order chi connectivity index (χ1) is 11.1. The summed E-state index contributed by atoms with van der Waals surface area (Å²) in [5, 5.41) is 7.69. The molecule has 0 spiro atoms. The molecule has 1 atom stereocenters. The molecule has 23 heavy (non-hydrogen) atoms. The molecule has 0 radical (unpaired) electrons. The fourth-order valence-corrected chi connectivity index (χ4v) is 3.14. The van der Waals surface area contributed by atoms with Gasteiger partial charge in [0.15, 0.2) is 0 Å². The SMILES string of the molecule is Cc1ccc(C2NC(=O)c3c2c(C)nn3-c2ccccc2)cc1. The lowest BCUT2D eigenvalue weighted by Crippen LogP contribution is -2.22. The molecule has 0 bridgehead atoms. The van der Waals surface area contributed by atoms with Gasteiger partial charge in [0.25, 0.3) is 5.91 Å². The van der Waals surface area contributed by atoms with Crippen LogP contribution in [0.2, 0.25) is 0 Å². The predicted octanol–water partition coefficient (Wildman–Crippen LogP) is 3.32. The molecular weight excluding hydrogens is 286 g/mol. The number of benzene rings is 2. The van der Waals surface area contributed by atoms with E-state index in [1.165, 1.54) is 5.56 Å². The van der Waals surface area contributed by atoms with Gasteiger partial charge in [-0.3, -0.25) is 4.79 Å². The first-order valence-electron chi connectivity index (χ1n) is 7.67. The Hall–Kier alpha value is -2.88. The Morgan fingerprint density at radius 1 is 1.00 bits per heavy atom. The number of hydrogen-bond donors (Lipinski definition) is 1. The maximum Gasteiger partial charge on any atom is 0.271 e. The lowest BCUT2D eigenvalue weighted by Gasteiger charge is -2.12. The van der Waals surface area contributed by atoms with Crippen LogP contribution in [0.3, 0.4) is 0 Å². The van der Waals surface area contributed by atoms with Crippen molar-refractivity contribution >= 4 is 5.91 Å². The third-order valence-electron chi connectivity index (χ3n) is 4.30. The van der Waals surface area contributed by atoms with Gasteiger partial charge in [0, 0.05) is 5.56 Å². The predicted molar refractivity (Wildman–Crippen MR) is 88.8 cm³/mol. The van der Waals surface area contributed by atoms with Crippen LogP contribution in [0.15, 0.2) is 54.6 Å². The molecule has 1 aromatic heterocycles. The highest BCUT2D eigenvalue weighted by atomic mass is 16.2. The number of fused-ring (bicyclic) bond motifs is 1. The van der Waals surface area contributed by atoms with Crippen LogP contribution >= 0.6 is 0 Å². The molecular formula is C19H17N3O. The second-order valence-electron chi connectivity index (χ2n) is 5.91. The highest BCUT2D eigenvalue weighted by molar-refractivity contribution is 5.99. The number of nitrogens with one attached hydrogen (secondary N) is 1. The molecule has 4 nitrogen and oxygen atoms in total. The first kappa shape index (κ1) is 13.8. The number of amides is 1. The van der Waals surface area contributed by atoms with Crippen molar-refractivity contribution in [1.82, 2.24) is 15.1 Å². The van der Waals surface area contributed by atoms with E-state index >= 15 is 0 Å². The molecule has 1 amide bonds. The molecule has 0 fully saturated rings. The lowest BCUT2D eigenvalue weighted by atomic mass is 9.99. The van der Waals surface area contributed by atoms with E-state index in [0.717, 1.165) is 22.5 Å².